The predicted molar refractivity (Wildman–Crippen MR) is 126 cm³/mol. The number of carbonyl (C=O) groups is 2. The molecular formula is C26H31NO6. The highest BCUT2D eigenvalue weighted by Crippen LogP contribution is 2.43. The van der Waals surface area contributed by atoms with Crippen LogP contribution in [0.15, 0.2) is 48.0 Å². The van der Waals surface area contributed by atoms with Gasteiger partial charge in [0.1, 0.15) is 28.6 Å². The second-order valence-electron chi connectivity index (χ2n) is 8.30. The summed E-state index contributed by atoms with van der Waals surface area (Å²) in [5.74, 6) is 0.0562. The number of hydrogen-bond donors (Lipinski definition) is 1. The van der Waals surface area contributed by atoms with Crippen LogP contribution in [-0.4, -0.2) is 49.1 Å². The molecule has 2 aromatic rings. The Labute approximate surface area is 194 Å². The number of amides is 1. The van der Waals surface area contributed by atoms with Crippen LogP contribution in [0.3, 0.4) is 0 Å². The van der Waals surface area contributed by atoms with Gasteiger partial charge in [-0.2, -0.15) is 0 Å². The lowest BCUT2D eigenvalue weighted by Crippen LogP contribution is -2.30. The van der Waals surface area contributed by atoms with Crippen LogP contribution in [0.4, 0.5) is 0 Å². The van der Waals surface area contributed by atoms with Crippen LogP contribution in [-0.2, 0) is 9.59 Å². The number of Topliss-reactive ketones (excluding diaryl/α,β-unsaturated/α-hetero) is 1. The third-order valence-corrected chi connectivity index (χ3v) is 5.45. The average Bonchev–Trinajstić information content (AvgIpc) is 3.07. The smallest absolute Gasteiger partial charge is 0.295 e. The largest absolute Gasteiger partial charge is 0.506 e. The van der Waals surface area contributed by atoms with E-state index in [9.17, 15) is 14.7 Å². The van der Waals surface area contributed by atoms with Crippen LogP contribution in [0.2, 0.25) is 0 Å². The minimum absolute atomic E-state index is 0.00657. The van der Waals surface area contributed by atoms with Gasteiger partial charge in [-0.3, -0.25) is 9.59 Å². The molecule has 0 aliphatic carbocycles. The molecule has 1 unspecified atom stereocenters. The number of carbonyl (C=O) groups excluding carboxylic acids is 2. The maximum atomic E-state index is 13.1. The van der Waals surface area contributed by atoms with Crippen LogP contribution < -0.4 is 14.2 Å². The SMILES string of the molecule is CCCN1C(=O)C(=O)/C(=C(/O)c2c(OC)cccc2OC)C1c1ccc(OCC(C)C)cc1. The number of methoxy groups -OCH3 is 2. The number of aliphatic hydroxyl groups is 1. The zero-order chi connectivity index (χ0) is 24.1. The molecule has 1 aliphatic rings. The Balaban J connectivity index is 2.15. The summed E-state index contributed by atoms with van der Waals surface area (Å²) in [5.41, 5.74) is 0.945. The summed E-state index contributed by atoms with van der Waals surface area (Å²) in [4.78, 5) is 27.5. The molecule has 2 aromatic carbocycles. The number of likely N-dealkylation sites (tertiary alicyclic amines) is 1. The van der Waals surface area contributed by atoms with Crippen LogP contribution in [0.25, 0.3) is 5.76 Å². The molecule has 176 valence electrons. The third-order valence-electron chi connectivity index (χ3n) is 5.45. The van der Waals surface area contributed by atoms with E-state index in [0.29, 0.717) is 48.3 Å². The standard InChI is InChI=1S/C26H31NO6/c1-6-14-27-23(17-10-12-18(13-11-17)33-15-16(2)3)22(25(29)26(27)30)24(28)21-19(31-4)8-7-9-20(21)32-5/h7-13,16,23,28H,6,14-15H2,1-5H3/b24-22+. The van der Waals surface area contributed by atoms with E-state index in [-0.39, 0.29) is 16.9 Å². The Kier molecular flexibility index (Phi) is 7.63. The average molecular weight is 454 g/mol. The molecule has 1 amide bonds. The van der Waals surface area contributed by atoms with E-state index in [1.807, 2.05) is 31.2 Å². The van der Waals surface area contributed by atoms with Crippen LogP contribution in [0.1, 0.15) is 44.4 Å². The maximum Gasteiger partial charge on any atom is 0.295 e. The van der Waals surface area contributed by atoms with Gasteiger partial charge in [-0.05, 0) is 42.2 Å². The quantitative estimate of drug-likeness (QED) is 0.340. The highest BCUT2D eigenvalue weighted by Gasteiger charge is 2.46. The molecule has 33 heavy (non-hydrogen) atoms. The van der Waals surface area contributed by atoms with Crippen molar-refractivity contribution >= 4 is 17.4 Å². The monoisotopic (exact) mass is 453 g/mol. The fraction of sp³-hybridized carbons (Fsp3) is 0.385. The molecular weight excluding hydrogens is 422 g/mol. The number of benzene rings is 2. The lowest BCUT2D eigenvalue weighted by Gasteiger charge is -2.25. The van der Waals surface area contributed by atoms with Gasteiger partial charge >= 0.3 is 0 Å². The van der Waals surface area contributed by atoms with E-state index in [0.717, 1.165) is 0 Å². The van der Waals surface area contributed by atoms with E-state index in [2.05, 4.69) is 13.8 Å². The third kappa shape index (κ3) is 4.82. The van der Waals surface area contributed by atoms with E-state index in [1.165, 1.54) is 19.1 Å². The molecule has 7 nitrogen and oxygen atoms in total. The van der Waals surface area contributed by atoms with E-state index in [4.69, 9.17) is 14.2 Å². The van der Waals surface area contributed by atoms with E-state index in [1.54, 1.807) is 18.2 Å². The van der Waals surface area contributed by atoms with Crippen molar-refractivity contribution in [1.29, 1.82) is 0 Å². The zero-order valence-corrected chi connectivity index (χ0v) is 19.8. The first kappa shape index (κ1) is 24.2. The number of hydrogen-bond acceptors (Lipinski definition) is 6. The number of ether oxygens (including phenoxy) is 3. The molecule has 1 fully saturated rings. The second-order valence-corrected chi connectivity index (χ2v) is 8.30. The molecule has 0 spiro atoms. The fourth-order valence-electron chi connectivity index (χ4n) is 3.93. The summed E-state index contributed by atoms with van der Waals surface area (Å²) in [5, 5.41) is 11.3. The van der Waals surface area contributed by atoms with Gasteiger partial charge < -0.3 is 24.2 Å². The molecule has 1 atom stereocenters. The summed E-state index contributed by atoms with van der Waals surface area (Å²) >= 11 is 0. The Hall–Kier alpha value is -3.48. The Morgan fingerprint density at radius 2 is 1.64 bits per heavy atom. The van der Waals surface area contributed by atoms with Crippen molar-refractivity contribution < 1.29 is 28.9 Å². The van der Waals surface area contributed by atoms with Crippen molar-refractivity contribution in [2.45, 2.75) is 33.2 Å². The van der Waals surface area contributed by atoms with Crippen LogP contribution >= 0.6 is 0 Å². The minimum Gasteiger partial charge on any atom is -0.506 e. The summed E-state index contributed by atoms with van der Waals surface area (Å²) in [7, 11) is 2.93. The van der Waals surface area contributed by atoms with E-state index < -0.39 is 17.7 Å². The molecule has 1 N–H and O–H groups in total. The molecule has 1 aliphatic heterocycles. The van der Waals surface area contributed by atoms with Gasteiger partial charge in [-0.15, -0.1) is 0 Å². The number of rotatable bonds is 9. The van der Waals surface area contributed by atoms with Crippen LogP contribution in [0, 0.1) is 5.92 Å². The van der Waals surface area contributed by atoms with Gasteiger partial charge in [0.05, 0.1) is 32.4 Å². The molecule has 0 radical (unpaired) electrons. The van der Waals surface area contributed by atoms with E-state index >= 15 is 0 Å². The molecule has 0 saturated carbocycles. The Morgan fingerprint density at radius 1 is 1.03 bits per heavy atom. The van der Waals surface area contributed by atoms with Crippen molar-refractivity contribution in [2.24, 2.45) is 5.92 Å². The first-order valence-corrected chi connectivity index (χ1v) is 11.1. The first-order chi connectivity index (χ1) is 15.8. The predicted octanol–water partition coefficient (Wildman–Crippen LogP) is 4.57. The number of nitrogens with zero attached hydrogens (tertiary/aromatic N) is 1. The summed E-state index contributed by atoms with van der Waals surface area (Å²) in [6.45, 7) is 7.03. The molecule has 3 rings (SSSR count). The number of ketones is 1. The van der Waals surface area contributed by atoms with Gasteiger partial charge in [-0.25, -0.2) is 0 Å². The Morgan fingerprint density at radius 3 is 2.15 bits per heavy atom. The minimum atomic E-state index is -0.737. The fourth-order valence-corrected chi connectivity index (χ4v) is 3.93. The van der Waals surface area contributed by atoms with Gasteiger partial charge in [0, 0.05) is 6.54 Å². The van der Waals surface area contributed by atoms with Gasteiger partial charge in [0.25, 0.3) is 11.7 Å². The number of aliphatic hydroxyl groups excluding tert-OH is 1. The second kappa shape index (κ2) is 10.4. The van der Waals surface area contributed by atoms with Crippen molar-refractivity contribution in [3.05, 3.63) is 59.2 Å². The summed E-state index contributed by atoms with van der Waals surface area (Å²) in [6.07, 6.45) is 0.664. The highest BCUT2D eigenvalue weighted by atomic mass is 16.5. The molecule has 1 heterocycles. The highest BCUT2D eigenvalue weighted by molar-refractivity contribution is 6.46. The zero-order valence-electron chi connectivity index (χ0n) is 19.8. The lowest BCUT2D eigenvalue weighted by molar-refractivity contribution is -0.139. The van der Waals surface area contributed by atoms with Crippen molar-refractivity contribution in [1.82, 2.24) is 4.90 Å². The summed E-state index contributed by atoms with van der Waals surface area (Å²) < 4.78 is 16.6. The first-order valence-electron chi connectivity index (χ1n) is 11.1. The van der Waals surface area contributed by atoms with Crippen molar-refractivity contribution in [2.75, 3.05) is 27.4 Å². The van der Waals surface area contributed by atoms with Crippen LogP contribution in [0.5, 0.6) is 17.2 Å². The normalized spacial score (nSPS) is 17.5. The summed E-state index contributed by atoms with van der Waals surface area (Å²) in [6, 6.07) is 11.6. The molecule has 1 saturated heterocycles. The molecule has 0 aromatic heterocycles. The maximum absolute atomic E-state index is 13.1. The van der Waals surface area contributed by atoms with Crippen molar-refractivity contribution in [3.8, 4) is 17.2 Å². The van der Waals surface area contributed by atoms with Gasteiger partial charge in [0.15, 0.2) is 0 Å². The Bertz CT molecular complexity index is 1020. The topological polar surface area (TPSA) is 85.3 Å². The molecule has 0 bridgehead atoms. The van der Waals surface area contributed by atoms with Gasteiger partial charge in [0.2, 0.25) is 0 Å². The lowest BCUT2D eigenvalue weighted by atomic mass is 9.94. The molecule has 7 heteroatoms. The van der Waals surface area contributed by atoms with Crippen molar-refractivity contribution in [3.63, 3.8) is 0 Å². The van der Waals surface area contributed by atoms with Gasteiger partial charge in [-0.1, -0.05) is 39.0 Å².